The normalized spacial score (nSPS) is 10.4. The third kappa shape index (κ3) is 2.79. The Balaban J connectivity index is 2.32. The number of amides is 1. The minimum Gasteiger partial charge on any atom is -0.508 e. The lowest BCUT2D eigenvalue weighted by molar-refractivity contribution is 0.102. The lowest BCUT2D eigenvalue weighted by Crippen LogP contribution is -2.15. The lowest BCUT2D eigenvalue weighted by atomic mass is 10.1. The number of aromatic hydroxyl groups is 1. The maximum atomic E-state index is 13.7. The van der Waals surface area contributed by atoms with Gasteiger partial charge in [-0.25, -0.2) is 4.39 Å². The molecule has 0 aliphatic carbocycles. The van der Waals surface area contributed by atoms with E-state index in [4.69, 9.17) is 0 Å². The number of aryl methyl sites for hydroxylation is 3. The van der Waals surface area contributed by atoms with Gasteiger partial charge in [-0.2, -0.15) is 0 Å². The predicted octanol–water partition coefficient (Wildman–Crippen LogP) is 3.71. The molecule has 104 valence electrons. The van der Waals surface area contributed by atoms with Crippen LogP contribution in [0.25, 0.3) is 0 Å². The van der Waals surface area contributed by atoms with Gasteiger partial charge in [0.1, 0.15) is 11.6 Å². The van der Waals surface area contributed by atoms with E-state index in [0.717, 1.165) is 11.1 Å². The first-order chi connectivity index (χ1) is 9.38. The molecule has 0 saturated heterocycles. The highest BCUT2D eigenvalue weighted by atomic mass is 19.1. The first kappa shape index (κ1) is 14.1. The zero-order chi connectivity index (χ0) is 14.9. The summed E-state index contributed by atoms with van der Waals surface area (Å²) in [6.45, 7) is 5.30. The first-order valence-corrected chi connectivity index (χ1v) is 6.26. The minimum atomic E-state index is -0.554. The minimum absolute atomic E-state index is 0.00938. The van der Waals surface area contributed by atoms with Crippen LogP contribution in [0.4, 0.5) is 10.1 Å². The molecule has 0 atom stereocenters. The van der Waals surface area contributed by atoms with E-state index in [2.05, 4.69) is 5.32 Å². The topological polar surface area (TPSA) is 49.3 Å². The van der Waals surface area contributed by atoms with E-state index in [0.29, 0.717) is 11.3 Å². The quantitative estimate of drug-likeness (QED) is 0.819. The third-order valence-corrected chi connectivity index (χ3v) is 3.16. The highest BCUT2D eigenvalue weighted by Gasteiger charge is 2.13. The molecule has 0 spiro atoms. The zero-order valence-electron chi connectivity index (χ0n) is 11.6. The number of phenolic OH excluding ortho intramolecular Hbond substituents is 1. The zero-order valence-corrected chi connectivity index (χ0v) is 11.6. The van der Waals surface area contributed by atoms with Crippen LogP contribution in [-0.2, 0) is 0 Å². The molecule has 0 heterocycles. The van der Waals surface area contributed by atoms with Crippen LogP contribution in [0.1, 0.15) is 27.0 Å². The summed E-state index contributed by atoms with van der Waals surface area (Å²) in [5, 5.41) is 12.3. The fourth-order valence-corrected chi connectivity index (χ4v) is 1.94. The lowest BCUT2D eigenvalue weighted by Gasteiger charge is -2.11. The van der Waals surface area contributed by atoms with Crippen molar-refractivity contribution >= 4 is 11.6 Å². The predicted molar refractivity (Wildman–Crippen MR) is 76.7 cm³/mol. The van der Waals surface area contributed by atoms with E-state index in [9.17, 15) is 14.3 Å². The highest BCUT2D eigenvalue weighted by molar-refractivity contribution is 6.05. The maximum Gasteiger partial charge on any atom is 0.258 e. The molecule has 0 aromatic heterocycles. The van der Waals surface area contributed by atoms with Gasteiger partial charge in [-0.05, 0) is 56.2 Å². The Labute approximate surface area is 117 Å². The van der Waals surface area contributed by atoms with Crippen LogP contribution in [0.3, 0.4) is 0 Å². The summed E-state index contributed by atoms with van der Waals surface area (Å²) in [6.07, 6.45) is 0. The van der Waals surface area contributed by atoms with Crippen molar-refractivity contribution in [3.63, 3.8) is 0 Å². The largest absolute Gasteiger partial charge is 0.508 e. The molecule has 4 heteroatoms. The van der Waals surface area contributed by atoms with E-state index in [1.165, 1.54) is 12.1 Å². The summed E-state index contributed by atoms with van der Waals surface area (Å²) < 4.78 is 13.7. The summed E-state index contributed by atoms with van der Waals surface area (Å²) in [4.78, 5) is 12.1. The van der Waals surface area contributed by atoms with Crippen molar-refractivity contribution < 1.29 is 14.3 Å². The van der Waals surface area contributed by atoms with Gasteiger partial charge < -0.3 is 10.4 Å². The second-order valence-corrected chi connectivity index (χ2v) is 4.89. The molecule has 0 radical (unpaired) electrons. The summed E-state index contributed by atoms with van der Waals surface area (Å²) in [6, 6.07) is 7.63. The van der Waals surface area contributed by atoms with Gasteiger partial charge in [0, 0.05) is 5.69 Å². The Hall–Kier alpha value is -2.36. The van der Waals surface area contributed by atoms with Gasteiger partial charge in [-0.1, -0.05) is 11.6 Å². The molecule has 3 nitrogen and oxygen atoms in total. The number of carbonyl (C=O) groups excluding carboxylic acids is 1. The van der Waals surface area contributed by atoms with Gasteiger partial charge in [0.2, 0.25) is 0 Å². The molecule has 2 aromatic rings. The molecule has 1 amide bonds. The number of carbonyl (C=O) groups is 1. The van der Waals surface area contributed by atoms with Crippen molar-refractivity contribution in [1.29, 1.82) is 0 Å². The number of nitrogens with one attached hydrogen (secondary N) is 1. The van der Waals surface area contributed by atoms with Gasteiger partial charge in [0.25, 0.3) is 5.91 Å². The Kier molecular flexibility index (Phi) is 3.74. The van der Waals surface area contributed by atoms with Gasteiger partial charge in [-0.15, -0.1) is 0 Å². The third-order valence-electron chi connectivity index (χ3n) is 3.16. The molecule has 2 N–H and O–H groups in total. The molecular weight excluding hydrogens is 257 g/mol. The van der Waals surface area contributed by atoms with Crippen LogP contribution in [0.5, 0.6) is 5.75 Å². The van der Waals surface area contributed by atoms with Crippen LogP contribution in [-0.4, -0.2) is 11.0 Å². The van der Waals surface area contributed by atoms with E-state index in [1.54, 1.807) is 39.0 Å². The van der Waals surface area contributed by atoms with E-state index < -0.39 is 11.7 Å². The number of halogens is 1. The van der Waals surface area contributed by atoms with Gasteiger partial charge >= 0.3 is 0 Å². The van der Waals surface area contributed by atoms with E-state index in [-0.39, 0.29) is 11.3 Å². The van der Waals surface area contributed by atoms with Crippen LogP contribution in [0.15, 0.2) is 30.3 Å². The number of anilines is 1. The van der Waals surface area contributed by atoms with Crippen LogP contribution in [0, 0.1) is 26.6 Å². The Morgan fingerprint density at radius 1 is 1.10 bits per heavy atom. The number of hydrogen-bond acceptors (Lipinski definition) is 2. The molecule has 0 aliphatic rings. The maximum absolute atomic E-state index is 13.7. The van der Waals surface area contributed by atoms with E-state index in [1.807, 2.05) is 0 Å². The standard InChI is InChI=1S/C16H16FNO2/c1-9-4-5-13(17)12(6-9)16(20)18-14-7-11(3)15(19)8-10(14)2/h4-8,19H,1-3H3,(H,18,20). The van der Waals surface area contributed by atoms with Gasteiger partial charge in [0.15, 0.2) is 0 Å². The van der Waals surface area contributed by atoms with Crippen LogP contribution in [0.2, 0.25) is 0 Å². The van der Waals surface area contributed by atoms with Crippen molar-refractivity contribution in [2.24, 2.45) is 0 Å². The Morgan fingerprint density at radius 3 is 2.50 bits per heavy atom. The van der Waals surface area contributed by atoms with Gasteiger partial charge in [0.05, 0.1) is 5.56 Å². The molecule has 0 saturated carbocycles. The number of hydrogen-bond donors (Lipinski definition) is 2. The summed E-state index contributed by atoms with van der Waals surface area (Å²) in [5.74, 6) is -0.886. The van der Waals surface area contributed by atoms with E-state index >= 15 is 0 Å². The molecular formula is C16H16FNO2. The number of rotatable bonds is 2. The molecule has 2 aromatic carbocycles. The number of benzene rings is 2. The molecule has 0 aliphatic heterocycles. The Morgan fingerprint density at radius 2 is 1.80 bits per heavy atom. The summed E-state index contributed by atoms with van der Waals surface area (Å²) >= 11 is 0. The van der Waals surface area contributed by atoms with Crippen molar-refractivity contribution in [2.45, 2.75) is 20.8 Å². The molecule has 0 fully saturated rings. The first-order valence-electron chi connectivity index (χ1n) is 6.26. The van der Waals surface area contributed by atoms with Crippen molar-refractivity contribution in [1.82, 2.24) is 0 Å². The van der Waals surface area contributed by atoms with Crippen molar-refractivity contribution in [3.05, 3.63) is 58.4 Å². The van der Waals surface area contributed by atoms with Gasteiger partial charge in [-0.3, -0.25) is 4.79 Å². The summed E-state index contributed by atoms with van der Waals surface area (Å²) in [5.41, 5.74) is 2.75. The molecule has 0 unspecified atom stereocenters. The average Bonchev–Trinajstić information content (AvgIpc) is 2.38. The van der Waals surface area contributed by atoms with Crippen molar-refractivity contribution in [3.8, 4) is 5.75 Å². The second kappa shape index (κ2) is 5.33. The van der Waals surface area contributed by atoms with Crippen LogP contribution >= 0.6 is 0 Å². The summed E-state index contributed by atoms with van der Waals surface area (Å²) in [7, 11) is 0. The fraction of sp³-hybridized carbons (Fsp3) is 0.188. The smallest absolute Gasteiger partial charge is 0.258 e. The number of phenols is 1. The SMILES string of the molecule is Cc1ccc(F)c(C(=O)Nc2cc(C)c(O)cc2C)c1. The molecule has 2 rings (SSSR count). The highest BCUT2D eigenvalue weighted by Crippen LogP contribution is 2.25. The molecule has 20 heavy (non-hydrogen) atoms. The fourth-order valence-electron chi connectivity index (χ4n) is 1.94. The Bertz CT molecular complexity index is 680. The molecule has 0 bridgehead atoms. The van der Waals surface area contributed by atoms with Crippen molar-refractivity contribution in [2.75, 3.05) is 5.32 Å². The monoisotopic (exact) mass is 273 g/mol. The average molecular weight is 273 g/mol. The second-order valence-electron chi connectivity index (χ2n) is 4.89. The van der Waals surface area contributed by atoms with Crippen LogP contribution < -0.4 is 5.32 Å².